The molecule has 5 aromatic rings. The molecule has 1 aliphatic carbocycles. The molecule has 0 aromatic heterocycles. The predicted molar refractivity (Wildman–Crippen MR) is 230 cm³/mol. The Morgan fingerprint density at radius 3 is 2.12 bits per heavy atom. The second-order valence-electron chi connectivity index (χ2n) is 13.9. The zero-order valence-corrected chi connectivity index (χ0v) is 33.9. The number of nitrogens with one attached hydrogen (secondary N) is 1. The summed E-state index contributed by atoms with van der Waals surface area (Å²) < 4.78 is 71.5. The van der Waals surface area contributed by atoms with Crippen molar-refractivity contribution in [2.45, 2.75) is 44.5 Å². The third-order valence-corrected chi connectivity index (χ3v) is 12.0. The first-order chi connectivity index (χ1) is 27.2. The number of anilines is 4. The van der Waals surface area contributed by atoms with Gasteiger partial charge in [-0.1, -0.05) is 72.8 Å². The molecular formula is C45H47N4O6S2+. The van der Waals surface area contributed by atoms with Gasteiger partial charge in [-0.25, -0.2) is 4.58 Å². The van der Waals surface area contributed by atoms with Crippen molar-refractivity contribution in [1.82, 2.24) is 0 Å². The van der Waals surface area contributed by atoms with Crippen LogP contribution in [0.2, 0.25) is 0 Å². The second kappa shape index (κ2) is 17.1. The monoisotopic (exact) mass is 803 g/mol. The van der Waals surface area contributed by atoms with Gasteiger partial charge in [0.1, 0.15) is 6.54 Å². The number of nitrogen functional groups attached to an aromatic ring is 1. The SMILES string of the molecule is CCN(c1ccc(/C(=C2\C=CC(=[N+](CC)Cc3cccc(S(=O)(=O)O)c3)C=C2C)c2ccc(Nc3ccccc3N)cc2)c(C)c1)C(c1ccccc1)S(=O)(=O)O. The minimum atomic E-state index is -4.52. The van der Waals surface area contributed by atoms with Crippen LogP contribution in [0.25, 0.3) is 5.57 Å². The Bertz CT molecular complexity index is 2630. The van der Waals surface area contributed by atoms with Gasteiger partial charge in [0.15, 0.2) is 17.6 Å². The van der Waals surface area contributed by atoms with E-state index in [0.29, 0.717) is 36.6 Å². The normalized spacial score (nSPS) is 15.4. The van der Waals surface area contributed by atoms with E-state index >= 15 is 0 Å². The fraction of sp³-hybridized carbons (Fsp3) is 0.178. The largest absolute Gasteiger partial charge is 0.397 e. The molecule has 1 unspecified atom stereocenters. The van der Waals surface area contributed by atoms with Crippen LogP contribution in [0.4, 0.5) is 22.7 Å². The lowest BCUT2D eigenvalue weighted by Gasteiger charge is -2.31. The van der Waals surface area contributed by atoms with E-state index in [9.17, 15) is 25.9 Å². The van der Waals surface area contributed by atoms with Gasteiger partial charge in [-0.15, -0.1) is 0 Å². The highest BCUT2D eigenvalue weighted by Gasteiger charge is 2.32. The Kier molecular flexibility index (Phi) is 12.3. The van der Waals surface area contributed by atoms with Crippen LogP contribution in [0.5, 0.6) is 0 Å². The van der Waals surface area contributed by atoms with Gasteiger partial charge in [0.25, 0.3) is 20.2 Å². The van der Waals surface area contributed by atoms with E-state index in [-0.39, 0.29) is 4.90 Å². The Balaban J connectivity index is 1.44. The van der Waals surface area contributed by atoms with Crippen LogP contribution in [-0.2, 0) is 26.8 Å². The number of rotatable bonds is 13. The van der Waals surface area contributed by atoms with E-state index in [4.69, 9.17) is 5.73 Å². The van der Waals surface area contributed by atoms with Crippen molar-refractivity contribution < 1.29 is 30.5 Å². The van der Waals surface area contributed by atoms with Crippen molar-refractivity contribution in [2.75, 3.05) is 29.0 Å². The molecule has 1 aliphatic rings. The third-order valence-electron chi connectivity index (χ3n) is 10.0. The molecule has 10 nitrogen and oxygen atoms in total. The maximum absolute atomic E-state index is 12.8. The molecule has 0 fully saturated rings. The molecule has 0 heterocycles. The van der Waals surface area contributed by atoms with Gasteiger partial charge in [0, 0.05) is 35.6 Å². The highest BCUT2D eigenvalue weighted by molar-refractivity contribution is 7.86. The van der Waals surface area contributed by atoms with Crippen molar-refractivity contribution >= 4 is 54.3 Å². The fourth-order valence-corrected chi connectivity index (χ4v) is 8.84. The lowest BCUT2D eigenvalue weighted by molar-refractivity contribution is -0.539. The number of aryl methyl sites for hydroxylation is 1. The number of allylic oxidation sites excluding steroid dienone is 5. The van der Waals surface area contributed by atoms with Gasteiger partial charge in [0.05, 0.1) is 16.3 Å². The highest BCUT2D eigenvalue weighted by Crippen LogP contribution is 2.38. The van der Waals surface area contributed by atoms with Gasteiger partial charge in [0.2, 0.25) is 0 Å². The molecule has 0 spiro atoms. The molecule has 0 aliphatic heterocycles. The molecule has 1 atom stereocenters. The van der Waals surface area contributed by atoms with Crippen LogP contribution in [-0.4, -0.2) is 49.3 Å². The number of para-hydroxylation sites is 2. The van der Waals surface area contributed by atoms with Gasteiger partial charge >= 0.3 is 0 Å². The summed E-state index contributed by atoms with van der Waals surface area (Å²) >= 11 is 0. The molecule has 294 valence electrons. The molecule has 0 saturated heterocycles. The second-order valence-corrected chi connectivity index (χ2v) is 16.8. The topological polar surface area (TPSA) is 153 Å². The molecular weight excluding hydrogens is 757 g/mol. The van der Waals surface area contributed by atoms with Crippen LogP contribution in [0.15, 0.2) is 156 Å². The molecule has 12 heteroatoms. The summed E-state index contributed by atoms with van der Waals surface area (Å²) in [4.78, 5) is 1.54. The van der Waals surface area contributed by atoms with E-state index < -0.39 is 25.6 Å². The van der Waals surface area contributed by atoms with Crippen LogP contribution >= 0.6 is 0 Å². The Morgan fingerprint density at radius 1 is 0.807 bits per heavy atom. The van der Waals surface area contributed by atoms with E-state index in [2.05, 4.69) is 41.1 Å². The highest BCUT2D eigenvalue weighted by atomic mass is 32.2. The first-order valence-electron chi connectivity index (χ1n) is 18.6. The maximum Gasteiger partial charge on any atom is 0.294 e. The minimum absolute atomic E-state index is 0.146. The smallest absolute Gasteiger partial charge is 0.294 e. The van der Waals surface area contributed by atoms with E-state index in [1.807, 2.05) is 87.5 Å². The van der Waals surface area contributed by atoms with Crippen LogP contribution in [0, 0.1) is 6.92 Å². The van der Waals surface area contributed by atoms with Crippen molar-refractivity contribution in [3.05, 3.63) is 179 Å². The summed E-state index contributed by atoms with van der Waals surface area (Å²) in [7, 11) is -8.85. The summed E-state index contributed by atoms with van der Waals surface area (Å²) in [5.74, 6) is 0. The number of benzene rings is 5. The minimum Gasteiger partial charge on any atom is -0.397 e. The zero-order chi connectivity index (χ0) is 40.9. The van der Waals surface area contributed by atoms with Crippen LogP contribution < -0.4 is 16.0 Å². The average molecular weight is 804 g/mol. The number of nitrogens with zero attached hydrogens (tertiary/aromatic N) is 2. The van der Waals surface area contributed by atoms with Crippen molar-refractivity contribution in [1.29, 1.82) is 0 Å². The first kappa shape index (κ1) is 40.9. The maximum atomic E-state index is 12.8. The quantitative estimate of drug-likeness (QED) is 0.0519. The molecule has 0 saturated carbocycles. The summed E-state index contributed by atoms with van der Waals surface area (Å²) in [6, 6.07) is 36.5. The molecule has 5 aromatic carbocycles. The van der Waals surface area contributed by atoms with Gasteiger partial charge in [-0.05, 0) is 121 Å². The van der Waals surface area contributed by atoms with Crippen LogP contribution in [0.3, 0.4) is 0 Å². The standard InChI is InChI=1S/C45H46N4O6S2/c1-5-48(30-33-13-12-16-39(29-33)56(50,51)52)37-23-25-40(31(3)27-37)44(34-19-21-36(22-20-34)47-43-18-11-10-17-42(43)46)41-26-24-38(28-32(41)4)49(6-2)45(57(53,54)55)35-14-8-7-9-15-35/h7-29,45H,5-6,30,46H2,1-4H3,(H2,50,51,52,53,54,55)/p+1. The Morgan fingerprint density at radius 2 is 1.51 bits per heavy atom. The predicted octanol–water partition coefficient (Wildman–Crippen LogP) is 8.97. The van der Waals surface area contributed by atoms with Gasteiger partial charge in [-0.3, -0.25) is 9.11 Å². The summed E-state index contributed by atoms with van der Waals surface area (Å²) in [5, 5.41) is 2.11. The zero-order valence-electron chi connectivity index (χ0n) is 32.3. The molecule has 0 bridgehead atoms. The van der Waals surface area contributed by atoms with E-state index in [1.165, 1.54) is 12.1 Å². The molecule has 57 heavy (non-hydrogen) atoms. The van der Waals surface area contributed by atoms with E-state index in [1.54, 1.807) is 41.3 Å². The first-order valence-corrected chi connectivity index (χ1v) is 21.5. The van der Waals surface area contributed by atoms with Gasteiger partial charge < -0.3 is 16.0 Å². The Labute approximate surface area is 335 Å². The molecule has 0 radical (unpaired) electrons. The number of hydrogen-bond donors (Lipinski definition) is 4. The van der Waals surface area contributed by atoms with Crippen molar-refractivity contribution in [2.24, 2.45) is 0 Å². The van der Waals surface area contributed by atoms with E-state index in [0.717, 1.165) is 56.1 Å². The lowest BCUT2D eigenvalue weighted by atomic mass is 9.85. The summed E-state index contributed by atoms with van der Waals surface area (Å²) in [6.07, 6.45) is 6.24. The van der Waals surface area contributed by atoms with Crippen molar-refractivity contribution in [3.8, 4) is 0 Å². The Hall–Kier alpha value is -5.79. The lowest BCUT2D eigenvalue weighted by Crippen LogP contribution is -2.34. The molecule has 5 N–H and O–H groups in total. The fourth-order valence-electron chi connectivity index (χ4n) is 7.20. The molecule has 0 amide bonds. The number of hydrogen-bond acceptors (Lipinski definition) is 7. The van der Waals surface area contributed by atoms with Gasteiger partial charge in [-0.2, -0.15) is 16.8 Å². The number of nitrogens with two attached hydrogens (primary N) is 1. The van der Waals surface area contributed by atoms with Crippen LogP contribution in [0.1, 0.15) is 54.0 Å². The third kappa shape index (κ3) is 9.44. The summed E-state index contributed by atoms with van der Waals surface area (Å²) in [6.45, 7) is 9.33. The average Bonchev–Trinajstić information content (AvgIpc) is 3.18. The van der Waals surface area contributed by atoms with Crippen molar-refractivity contribution in [3.63, 3.8) is 0 Å². The molecule has 6 rings (SSSR count). The summed E-state index contributed by atoms with van der Waals surface area (Å²) in [5.41, 5.74) is 17.1.